The maximum Gasteiger partial charge on any atom is 0.236 e. The van der Waals surface area contributed by atoms with Crippen molar-refractivity contribution in [3.63, 3.8) is 0 Å². The molecule has 0 saturated heterocycles. The molecule has 0 aliphatic heterocycles. The van der Waals surface area contributed by atoms with Crippen LogP contribution in [0.2, 0.25) is 0 Å². The number of furan rings is 1. The van der Waals surface area contributed by atoms with Crippen LogP contribution >= 0.6 is 10.7 Å². The van der Waals surface area contributed by atoms with E-state index in [0.29, 0.717) is 5.56 Å². The fourth-order valence-electron chi connectivity index (χ4n) is 1.30. The first-order valence-corrected chi connectivity index (χ1v) is 6.41. The van der Waals surface area contributed by atoms with Gasteiger partial charge in [0.15, 0.2) is 0 Å². The molecule has 0 saturated carbocycles. The Bertz CT molecular complexity index is 556. The molecule has 0 fully saturated rings. The van der Waals surface area contributed by atoms with Gasteiger partial charge >= 0.3 is 0 Å². The van der Waals surface area contributed by atoms with Crippen molar-refractivity contribution in [2.45, 2.75) is 5.75 Å². The summed E-state index contributed by atoms with van der Waals surface area (Å²) in [6, 6.07) is 6.94. The second-order valence-corrected chi connectivity index (χ2v) is 5.75. The minimum absolute atomic E-state index is 0.157. The van der Waals surface area contributed by atoms with Crippen molar-refractivity contribution in [2.24, 2.45) is 0 Å². The van der Waals surface area contributed by atoms with Crippen LogP contribution < -0.4 is 0 Å². The van der Waals surface area contributed by atoms with Gasteiger partial charge in [-0.2, -0.15) is 0 Å². The van der Waals surface area contributed by atoms with Gasteiger partial charge in [0.2, 0.25) is 9.05 Å². The standard InChI is InChI=1S/C9H7ClO3S/c10-14(11,12)6-7-1-2-9-8(5-7)3-4-13-9/h1-5H,6H2. The van der Waals surface area contributed by atoms with E-state index in [2.05, 4.69) is 0 Å². The predicted molar refractivity (Wildman–Crippen MR) is 54.7 cm³/mol. The summed E-state index contributed by atoms with van der Waals surface area (Å²) in [6.07, 6.45) is 1.56. The van der Waals surface area contributed by atoms with Gasteiger partial charge in [0.25, 0.3) is 0 Å². The van der Waals surface area contributed by atoms with Crippen molar-refractivity contribution < 1.29 is 12.8 Å². The van der Waals surface area contributed by atoms with Crippen LogP contribution in [0.3, 0.4) is 0 Å². The zero-order valence-corrected chi connectivity index (χ0v) is 8.68. The lowest BCUT2D eigenvalue weighted by Crippen LogP contribution is -1.94. The number of halogens is 1. The third kappa shape index (κ3) is 2.08. The summed E-state index contributed by atoms with van der Waals surface area (Å²) < 4.78 is 26.8. The third-order valence-corrected chi connectivity index (χ3v) is 2.86. The lowest BCUT2D eigenvalue weighted by atomic mass is 10.2. The maximum atomic E-state index is 10.8. The molecule has 1 aromatic carbocycles. The van der Waals surface area contributed by atoms with E-state index >= 15 is 0 Å². The van der Waals surface area contributed by atoms with E-state index in [0.717, 1.165) is 11.0 Å². The summed E-state index contributed by atoms with van der Waals surface area (Å²) in [5.41, 5.74) is 1.40. The van der Waals surface area contributed by atoms with Gasteiger partial charge in [-0.15, -0.1) is 0 Å². The lowest BCUT2D eigenvalue weighted by molar-refractivity contribution is 0.608. The second-order valence-electron chi connectivity index (χ2n) is 2.98. The number of benzene rings is 1. The zero-order valence-electron chi connectivity index (χ0n) is 7.10. The van der Waals surface area contributed by atoms with Gasteiger partial charge in [-0.25, -0.2) is 8.42 Å². The van der Waals surface area contributed by atoms with Crippen molar-refractivity contribution >= 4 is 30.7 Å². The minimum atomic E-state index is -3.49. The molecule has 2 rings (SSSR count). The van der Waals surface area contributed by atoms with Crippen LogP contribution in [0.25, 0.3) is 11.0 Å². The Morgan fingerprint density at radius 1 is 1.29 bits per heavy atom. The van der Waals surface area contributed by atoms with E-state index in [1.807, 2.05) is 0 Å². The van der Waals surface area contributed by atoms with Crippen LogP contribution in [-0.2, 0) is 14.8 Å². The Morgan fingerprint density at radius 2 is 2.07 bits per heavy atom. The Morgan fingerprint density at radius 3 is 2.79 bits per heavy atom. The van der Waals surface area contributed by atoms with Gasteiger partial charge < -0.3 is 4.42 Å². The molecule has 0 aliphatic carbocycles. The molecule has 0 radical (unpaired) electrons. The molecule has 3 nitrogen and oxygen atoms in total. The molecular formula is C9H7ClO3S. The molecule has 0 aliphatic rings. The van der Waals surface area contributed by atoms with E-state index in [9.17, 15) is 8.42 Å². The minimum Gasteiger partial charge on any atom is -0.464 e. The molecule has 0 bridgehead atoms. The van der Waals surface area contributed by atoms with Crippen LogP contribution in [0.15, 0.2) is 34.9 Å². The van der Waals surface area contributed by atoms with Crippen molar-refractivity contribution in [3.05, 3.63) is 36.1 Å². The number of hydrogen-bond donors (Lipinski definition) is 0. The number of fused-ring (bicyclic) bond motifs is 1. The van der Waals surface area contributed by atoms with Crippen molar-refractivity contribution in [1.29, 1.82) is 0 Å². The summed E-state index contributed by atoms with van der Waals surface area (Å²) in [5, 5.41) is 0.878. The number of hydrogen-bond acceptors (Lipinski definition) is 3. The molecule has 1 aromatic heterocycles. The average Bonchev–Trinajstić information content (AvgIpc) is 2.47. The van der Waals surface area contributed by atoms with Crippen molar-refractivity contribution in [1.82, 2.24) is 0 Å². The molecule has 14 heavy (non-hydrogen) atoms. The van der Waals surface area contributed by atoms with Gasteiger partial charge in [0.1, 0.15) is 5.58 Å². The van der Waals surface area contributed by atoms with Crippen molar-refractivity contribution in [2.75, 3.05) is 0 Å². The van der Waals surface area contributed by atoms with E-state index in [1.165, 1.54) is 0 Å². The topological polar surface area (TPSA) is 47.3 Å². The fourth-order valence-corrected chi connectivity index (χ4v) is 2.26. The molecule has 5 heteroatoms. The molecular weight excluding hydrogens is 224 g/mol. The molecule has 1 heterocycles. The molecule has 0 amide bonds. The first-order valence-electron chi connectivity index (χ1n) is 3.93. The summed E-state index contributed by atoms with van der Waals surface area (Å²) in [7, 11) is 1.65. The SMILES string of the molecule is O=S(=O)(Cl)Cc1ccc2occc2c1. The van der Waals surface area contributed by atoms with Crippen molar-refractivity contribution in [3.8, 4) is 0 Å². The largest absolute Gasteiger partial charge is 0.464 e. The molecule has 2 aromatic rings. The molecule has 0 spiro atoms. The summed E-state index contributed by atoms with van der Waals surface area (Å²) in [5.74, 6) is -0.157. The second kappa shape index (κ2) is 3.29. The highest BCUT2D eigenvalue weighted by Gasteiger charge is 2.07. The first-order chi connectivity index (χ1) is 6.54. The van der Waals surface area contributed by atoms with E-state index < -0.39 is 9.05 Å². The highest BCUT2D eigenvalue weighted by atomic mass is 35.7. The number of rotatable bonds is 2. The smallest absolute Gasteiger partial charge is 0.236 e. The Balaban J connectivity index is 2.44. The lowest BCUT2D eigenvalue weighted by Gasteiger charge is -1.97. The van der Waals surface area contributed by atoms with Crippen LogP contribution in [0, 0.1) is 0 Å². The molecule has 0 atom stereocenters. The monoisotopic (exact) mass is 230 g/mol. The van der Waals surface area contributed by atoms with Crippen LogP contribution in [0.4, 0.5) is 0 Å². The highest BCUT2D eigenvalue weighted by molar-refractivity contribution is 8.13. The highest BCUT2D eigenvalue weighted by Crippen LogP contribution is 2.19. The van der Waals surface area contributed by atoms with Crippen LogP contribution in [-0.4, -0.2) is 8.42 Å². The Kier molecular flexibility index (Phi) is 2.25. The molecule has 0 unspecified atom stereocenters. The zero-order chi connectivity index (χ0) is 10.2. The fraction of sp³-hybridized carbons (Fsp3) is 0.111. The predicted octanol–water partition coefficient (Wildman–Crippen LogP) is 2.50. The van der Waals surface area contributed by atoms with E-state index in [4.69, 9.17) is 15.1 Å². The van der Waals surface area contributed by atoms with Gasteiger partial charge in [0.05, 0.1) is 12.0 Å². The summed E-state index contributed by atoms with van der Waals surface area (Å²) in [4.78, 5) is 0. The van der Waals surface area contributed by atoms with Crippen LogP contribution in [0.1, 0.15) is 5.56 Å². The Hall–Kier alpha value is -1.00. The maximum absolute atomic E-state index is 10.8. The van der Waals surface area contributed by atoms with Gasteiger partial charge in [-0.3, -0.25) is 0 Å². The third-order valence-electron chi connectivity index (χ3n) is 1.86. The normalized spacial score (nSPS) is 12.1. The van der Waals surface area contributed by atoms with Gasteiger partial charge in [0, 0.05) is 16.1 Å². The van der Waals surface area contributed by atoms with Gasteiger partial charge in [-0.1, -0.05) is 6.07 Å². The Labute approximate surface area is 85.7 Å². The molecule has 74 valence electrons. The average molecular weight is 231 g/mol. The van der Waals surface area contributed by atoms with Gasteiger partial charge in [-0.05, 0) is 23.8 Å². The summed E-state index contributed by atoms with van der Waals surface area (Å²) >= 11 is 0. The first kappa shape index (κ1) is 9.55. The summed E-state index contributed by atoms with van der Waals surface area (Å²) in [6.45, 7) is 0. The molecule has 0 N–H and O–H groups in total. The van der Waals surface area contributed by atoms with E-state index in [-0.39, 0.29) is 5.75 Å². The van der Waals surface area contributed by atoms with Crippen LogP contribution in [0.5, 0.6) is 0 Å². The quantitative estimate of drug-likeness (QED) is 0.745. The van der Waals surface area contributed by atoms with E-state index in [1.54, 1.807) is 30.5 Å².